The molecule has 0 amide bonds. The molecule has 21 heavy (non-hydrogen) atoms. The topological polar surface area (TPSA) is 64.3 Å². The molecule has 1 heterocycles. The van der Waals surface area contributed by atoms with Gasteiger partial charge in [0.05, 0.1) is 28.7 Å². The van der Waals surface area contributed by atoms with Crippen LogP contribution in [0.2, 0.25) is 0 Å². The van der Waals surface area contributed by atoms with E-state index in [9.17, 15) is 9.90 Å². The van der Waals surface area contributed by atoms with Crippen molar-refractivity contribution in [1.82, 2.24) is 9.55 Å². The minimum atomic E-state index is -0.925. The fourth-order valence-corrected chi connectivity index (χ4v) is 2.74. The number of carboxylic acids is 1. The molecular weight excluding hydrogens is 268 g/mol. The quantitative estimate of drug-likeness (QED) is 0.888. The highest BCUT2D eigenvalue weighted by atomic mass is 16.5. The lowest BCUT2D eigenvalue weighted by molar-refractivity contribution is 0.0697. The molecule has 0 atom stereocenters. The summed E-state index contributed by atoms with van der Waals surface area (Å²) in [6.07, 6.45) is 1.84. The van der Waals surface area contributed by atoms with Crippen LogP contribution in [0.3, 0.4) is 0 Å². The van der Waals surface area contributed by atoms with Gasteiger partial charge in [0.1, 0.15) is 5.82 Å². The number of carboxylic acid groups (broad SMARTS) is 1. The average molecular weight is 290 g/mol. The number of aryl methyl sites for hydroxylation is 1. The Morgan fingerprint density at radius 1 is 1.43 bits per heavy atom. The molecule has 0 fully saturated rings. The first-order valence-electron chi connectivity index (χ1n) is 7.14. The number of hydrogen-bond donors (Lipinski definition) is 1. The van der Waals surface area contributed by atoms with Gasteiger partial charge in [-0.15, -0.1) is 0 Å². The normalized spacial score (nSPS) is 12.0. The van der Waals surface area contributed by atoms with Gasteiger partial charge in [0.15, 0.2) is 0 Å². The second-order valence-corrected chi connectivity index (χ2v) is 5.87. The SMILES string of the molecule is CCCc1nc2ccc(C(=O)O)cc2n1C(C)(C)COC. The summed E-state index contributed by atoms with van der Waals surface area (Å²) in [7, 11) is 1.67. The van der Waals surface area contributed by atoms with E-state index in [1.54, 1.807) is 25.3 Å². The second kappa shape index (κ2) is 5.85. The Balaban J connectivity index is 2.70. The Hall–Kier alpha value is -1.88. The van der Waals surface area contributed by atoms with Crippen LogP contribution in [0.5, 0.6) is 0 Å². The standard InChI is InChI=1S/C16H22N2O3/c1-5-6-14-17-12-8-7-11(15(19)20)9-13(12)18(14)16(2,3)10-21-4/h7-9H,5-6,10H2,1-4H3,(H,19,20). The van der Waals surface area contributed by atoms with Crippen LogP contribution >= 0.6 is 0 Å². The summed E-state index contributed by atoms with van der Waals surface area (Å²) in [5, 5.41) is 9.20. The van der Waals surface area contributed by atoms with E-state index in [2.05, 4.69) is 30.3 Å². The Morgan fingerprint density at radius 2 is 2.14 bits per heavy atom. The van der Waals surface area contributed by atoms with Crippen LogP contribution in [0.1, 0.15) is 43.4 Å². The van der Waals surface area contributed by atoms with Gasteiger partial charge in [-0.1, -0.05) is 6.92 Å². The number of aromatic carboxylic acids is 1. The Bertz CT molecular complexity index is 659. The second-order valence-electron chi connectivity index (χ2n) is 5.87. The fraction of sp³-hybridized carbons (Fsp3) is 0.500. The van der Waals surface area contributed by atoms with Crippen LogP contribution in [0.25, 0.3) is 11.0 Å². The van der Waals surface area contributed by atoms with Crippen molar-refractivity contribution in [3.8, 4) is 0 Å². The molecule has 2 rings (SSSR count). The lowest BCUT2D eigenvalue weighted by Crippen LogP contribution is -2.33. The molecule has 1 N–H and O–H groups in total. The number of hydrogen-bond acceptors (Lipinski definition) is 3. The monoisotopic (exact) mass is 290 g/mol. The first-order chi connectivity index (χ1) is 9.90. The maximum atomic E-state index is 11.2. The Morgan fingerprint density at radius 3 is 2.71 bits per heavy atom. The Labute approximate surface area is 124 Å². The van der Waals surface area contributed by atoms with Gasteiger partial charge in [0, 0.05) is 13.5 Å². The number of carbonyl (C=O) groups is 1. The molecule has 114 valence electrons. The first-order valence-corrected chi connectivity index (χ1v) is 7.14. The third-order valence-corrected chi connectivity index (χ3v) is 3.55. The van der Waals surface area contributed by atoms with Crippen molar-refractivity contribution in [3.05, 3.63) is 29.6 Å². The summed E-state index contributed by atoms with van der Waals surface area (Å²) < 4.78 is 7.44. The predicted molar refractivity (Wildman–Crippen MR) is 81.9 cm³/mol. The van der Waals surface area contributed by atoms with Crippen molar-refractivity contribution in [2.45, 2.75) is 39.2 Å². The van der Waals surface area contributed by atoms with Crippen LogP contribution in [-0.2, 0) is 16.7 Å². The van der Waals surface area contributed by atoms with E-state index in [0.29, 0.717) is 6.61 Å². The number of aromatic nitrogens is 2. The summed E-state index contributed by atoms with van der Waals surface area (Å²) >= 11 is 0. The van der Waals surface area contributed by atoms with Crippen LogP contribution in [0.4, 0.5) is 0 Å². The number of fused-ring (bicyclic) bond motifs is 1. The molecule has 0 radical (unpaired) electrons. The van der Waals surface area contributed by atoms with Crippen LogP contribution in [0.15, 0.2) is 18.2 Å². The van der Waals surface area contributed by atoms with Gasteiger partial charge in [-0.05, 0) is 38.5 Å². The molecule has 1 aromatic heterocycles. The largest absolute Gasteiger partial charge is 0.478 e. The molecule has 0 bridgehead atoms. The molecule has 0 aliphatic heterocycles. The number of ether oxygens (including phenoxy) is 1. The van der Waals surface area contributed by atoms with E-state index in [-0.39, 0.29) is 11.1 Å². The maximum Gasteiger partial charge on any atom is 0.335 e. The highest BCUT2D eigenvalue weighted by Crippen LogP contribution is 2.27. The minimum absolute atomic E-state index is 0.278. The van der Waals surface area contributed by atoms with Gasteiger partial charge in [0.25, 0.3) is 0 Å². The van der Waals surface area contributed by atoms with Gasteiger partial charge in [-0.3, -0.25) is 0 Å². The molecule has 0 aliphatic rings. The number of methoxy groups -OCH3 is 1. The van der Waals surface area contributed by atoms with Crippen LogP contribution < -0.4 is 0 Å². The highest BCUT2D eigenvalue weighted by Gasteiger charge is 2.26. The molecule has 0 saturated carbocycles. The van der Waals surface area contributed by atoms with Crippen molar-refractivity contribution in [3.63, 3.8) is 0 Å². The summed E-state index contributed by atoms with van der Waals surface area (Å²) in [4.78, 5) is 15.9. The van der Waals surface area contributed by atoms with Crippen molar-refractivity contribution >= 4 is 17.0 Å². The number of imidazole rings is 1. The van der Waals surface area contributed by atoms with E-state index in [4.69, 9.17) is 4.74 Å². The average Bonchev–Trinajstić information content (AvgIpc) is 2.76. The summed E-state index contributed by atoms with van der Waals surface area (Å²) in [6.45, 7) is 6.79. The molecule has 0 unspecified atom stereocenters. The Kier molecular flexibility index (Phi) is 4.32. The predicted octanol–water partition coefficient (Wildman–Crippen LogP) is 3.07. The lowest BCUT2D eigenvalue weighted by Gasteiger charge is -2.28. The van der Waals surface area contributed by atoms with Crippen LogP contribution in [0, 0.1) is 0 Å². The zero-order valence-electron chi connectivity index (χ0n) is 13.0. The van der Waals surface area contributed by atoms with Crippen molar-refractivity contribution in [1.29, 1.82) is 0 Å². The van der Waals surface area contributed by atoms with Gasteiger partial charge >= 0.3 is 5.97 Å². The van der Waals surface area contributed by atoms with E-state index in [1.807, 2.05) is 0 Å². The van der Waals surface area contributed by atoms with E-state index in [0.717, 1.165) is 29.7 Å². The molecule has 0 saturated heterocycles. The van der Waals surface area contributed by atoms with Crippen molar-refractivity contribution in [2.24, 2.45) is 0 Å². The third kappa shape index (κ3) is 2.93. The zero-order valence-corrected chi connectivity index (χ0v) is 13.0. The maximum absolute atomic E-state index is 11.2. The molecule has 0 spiro atoms. The molecule has 2 aromatic rings. The minimum Gasteiger partial charge on any atom is -0.478 e. The number of nitrogens with zero attached hydrogens (tertiary/aromatic N) is 2. The first kappa shape index (κ1) is 15.5. The summed E-state index contributed by atoms with van der Waals surface area (Å²) in [5.74, 6) is 0.0447. The van der Waals surface area contributed by atoms with Crippen molar-refractivity contribution in [2.75, 3.05) is 13.7 Å². The zero-order chi connectivity index (χ0) is 15.6. The molecule has 1 aromatic carbocycles. The number of rotatable bonds is 6. The van der Waals surface area contributed by atoms with E-state index >= 15 is 0 Å². The van der Waals surface area contributed by atoms with Gasteiger partial charge in [-0.2, -0.15) is 0 Å². The fourth-order valence-electron chi connectivity index (χ4n) is 2.74. The smallest absolute Gasteiger partial charge is 0.335 e. The van der Waals surface area contributed by atoms with Crippen LogP contribution in [-0.4, -0.2) is 34.3 Å². The van der Waals surface area contributed by atoms with Gasteiger partial charge in [-0.25, -0.2) is 9.78 Å². The van der Waals surface area contributed by atoms with Gasteiger partial charge in [0.2, 0.25) is 0 Å². The molecular formula is C16H22N2O3. The lowest BCUT2D eigenvalue weighted by atomic mass is 10.1. The van der Waals surface area contributed by atoms with E-state index in [1.165, 1.54) is 0 Å². The summed E-state index contributed by atoms with van der Waals surface area (Å²) in [5.41, 5.74) is 1.67. The van der Waals surface area contributed by atoms with Gasteiger partial charge < -0.3 is 14.4 Å². The molecule has 5 heteroatoms. The van der Waals surface area contributed by atoms with E-state index < -0.39 is 5.97 Å². The summed E-state index contributed by atoms with van der Waals surface area (Å²) in [6, 6.07) is 5.07. The number of benzene rings is 1. The highest BCUT2D eigenvalue weighted by molar-refractivity contribution is 5.92. The van der Waals surface area contributed by atoms with Crippen molar-refractivity contribution < 1.29 is 14.6 Å². The molecule has 0 aliphatic carbocycles. The molecule has 5 nitrogen and oxygen atoms in total. The third-order valence-electron chi connectivity index (χ3n) is 3.55.